The van der Waals surface area contributed by atoms with E-state index in [1.165, 1.54) is 24.8 Å². The van der Waals surface area contributed by atoms with Gasteiger partial charge < -0.3 is 10.2 Å². The molecule has 1 aliphatic rings. The summed E-state index contributed by atoms with van der Waals surface area (Å²) in [5, 5.41) is 3.39. The fourth-order valence-electron chi connectivity index (χ4n) is 2.92. The minimum absolute atomic E-state index is 0.585. The fraction of sp³-hybridized carbons (Fsp3) is 0.750. The Labute approximate surface area is 123 Å². The van der Waals surface area contributed by atoms with Gasteiger partial charge in [0.05, 0.1) is 0 Å². The second kappa shape index (κ2) is 6.91. The van der Waals surface area contributed by atoms with Crippen molar-refractivity contribution in [2.75, 3.05) is 23.3 Å². The lowest BCUT2D eigenvalue weighted by molar-refractivity contribution is 0.479. The summed E-state index contributed by atoms with van der Waals surface area (Å²) in [4.78, 5) is 12.0. The molecule has 0 radical (unpaired) electrons. The highest BCUT2D eigenvalue weighted by molar-refractivity contribution is 5.59. The second-order valence-electron chi connectivity index (χ2n) is 5.76. The molecule has 2 rings (SSSR count). The number of nitrogens with one attached hydrogen (secondary N) is 1. The number of hydrogen-bond donors (Lipinski definition) is 1. The molecule has 1 aromatic heterocycles. The monoisotopic (exact) mass is 276 g/mol. The first-order chi connectivity index (χ1) is 9.67. The van der Waals surface area contributed by atoms with Gasteiger partial charge in [0.1, 0.15) is 17.5 Å². The normalized spacial score (nSPS) is 19.2. The molecule has 1 N–H and O–H groups in total. The zero-order valence-electron chi connectivity index (χ0n) is 13.4. The molecular formula is C16H28N4. The van der Waals surface area contributed by atoms with E-state index in [0.717, 1.165) is 43.4 Å². The van der Waals surface area contributed by atoms with Gasteiger partial charge in [-0.25, -0.2) is 9.97 Å². The Balaban J connectivity index is 2.38. The molecule has 2 heterocycles. The Morgan fingerprint density at radius 3 is 2.70 bits per heavy atom. The van der Waals surface area contributed by atoms with E-state index in [2.05, 4.69) is 42.9 Å². The van der Waals surface area contributed by atoms with Crippen molar-refractivity contribution >= 4 is 11.6 Å². The predicted molar refractivity (Wildman–Crippen MR) is 85.6 cm³/mol. The van der Waals surface area contributed by atoms with Crippen LogP contribution in [0, 0.1) is 6.92 Å². The lowest BCUT2D eigenvalue weighted by Crippen LogP contribution is -2.38. The van der Waals surface area contributed by atoms with E-state index >= 15 is 0 Å². The minimum Gasteiger partial charge on any atom is -0.370 e. The smallest absolute Gasteiger partial charge is 0.137 e. The molecule has 1 unspecified atom stereocenters. The summed E-state index contributed by atoms with van der Waals surface area (Å²) in [6.45, 7) is 10.8. The molecule has 1 aliphatic heterocycles. The van der Waals surface area contributed by atoms with Crippen molar-refractivity contribution in [2.45, 2.75) is 65.8 Å². The molecule has 4 heteroatoms. The molecule has 0 saturated carbocycles. The maximum atomic E-state index is 4.85. The molecule has 0 aliphatic carbocycles. The van der Waals surface area contributed by atoms with E-state index in [4.69, 9.17) is 4.98 Å². The van der Waals surface area contributed by atoms with Crippen molar-refractivity contribution in [3.05, 3.63) is 11.4 Å². The Bertz CT molecular complexity index is 444. The van der Waals surface area contributed by atoms with E-state index in [1.54, 1.807) is 0 Å². The van der Waals surface area contributed by atoms with Gasteiger partial charge in [0, 0.05) is 31.1 Å². The average molecular weight is 276 g/mol. The quantitative estimate of drug-likeness (QED) is 0.893. The number of anilines is 2. The van der Waals surface area contributed by atoms with Gasteiger partial charge in [-0.3, -0.25) is 0 Å². The number of piperidine rings is 1. The lowest BCUT2D eigenvalue weighted by Gasteiger charge is -2.35. The lowest BCUT2D eigenvalue weighted by atomic mass is 10.0. The molecule has 20 heavy (non-hydrogen) atoms. The van der Waals surface area contributed by atoms with Crippen molar-refractivity contribution in [3.63, 3.8) is 0 Å². The summed E-state index contributed by atoms with van der Waals surface area (Å²) in [6.07, 6.45) is 5.91. The third kappa shape index (κ3) is 3.22. The number of hydrogen-bond acceptors (Lipinski definition) is 4. The van der Waals surface area contributed by atoms with Gasteiger partial charge in [-0.1, -0.05) is 6.92 Å². The van der Waals surface area contributed by atoms with Crippen LogP contribution < -0.4 is 10.2 Å². The van der Waals surface area contributed by atoms with Gasteiger partial charge in [0.2, 0.25) is 0 Å². The largest absolute Gasteiger partial charge is 0.370 e. The van der Waals surface area contributed by atoms with Crippen LogP contribution in [-0.2, 0) is 6.42 Å². The van der Waals surface area contributed by atoms with Gasteiger partial charge in [0.25, 0.3) is 0 Å². The van der Waals surface area contributed by atoms with Gasteiger partial charge in [-0.05, 0) is 46.5 Å². The average Bonchev–Trinajstić information content (AvgIpc) is 2.44. The molecule has 0 bridgehead atoms. The van der Waals surface area contributed by atoms with E-state index in [9.17, 15) is 0 Å². The molecule has 1 saturated heterocycles. The number of aryl methyl sites for hydroxylation is 1. The van der Waals surface area contributed by atoms with Crippen LogP contribution >= 0.6 is 0 Å². The zero-order valence-corrected chi connectivity index (χ0v) is 13.4. The van der Waals surface area contributed by atoms with E-state index in [0.29, 0.717) is 6.04 Å². The first kappa shape index (κ1) is 15.1. The molecule has 0 aromatic carbocycles. The molecule has 1 fully saturated rings. The fourth-order valence-corrected chi connectivity index (χ4v) is 2.92. The highest BCUT2D eigenvalue weighted by Gasteiger charge is 2.23. The first-order valence-corrected chi connectivity index (χ1v) is 8.05. The van der Waals surface area contributed by atoms with E-state index < -0.39 is 0 Å². The third-order valence-corrected chi connectivity index (χ3v) is 4.06. The van der Waals surface area contributed by atoms with Crippen LogP contribution in [0.4, 0.5) is 11.6 Å². The highest BCUT2D eigenvalue weighted by atomic mass is 15.2. The Kier molecular flexibility index (Phi) is 5.21. The number of rotatable bonds is 5. The van der Waals surface area contributed by atoms with Crippen molar-refractivity contribution < 1.29 is 0 Å². The van der Waals surface area contributed by atoms with E-state index in [-0.39, 0.29) is 0 Å². The van der Waals surface area contributed by atoms with Gasteiger partial charge in [-0.15, -0.1) is 0 Å². The van der Waals surface area contributed by atoms with Gasteiger partial charge in [0.15, 0.2) is 0 Å². The Morgan fingerprint density at radius 1 is 1.25 bits per heavy atom. The van der Waals surface area contributed by atoms with Crippen molar-refractivity contribution in [2.24, 2.45) is 0 Å². The Hall–Kier alpha value is -1.32. The zero-order chi connectivity index (χ0) is 14.5. The standard InChI is InChI=1S/C16H28N4/c1-5-9-14-18-15(17-6-2)13(4)16(19-14)20-11-8-7-10-12(20)3/h12H,5-11H2,1-4H3,(H,17,18,19). The SMILES string of the molecule is CCCc1nc(NCC)c(C)c(N2CCCCC2C)n1. The molecule has 112 valence electrons. The van der Waals surface area contributed by atoms with Crippen molar-refractivity contribution in [3.8, 4) is 0 Å². The summed E-state index contributed by atoms with van der Waals surface area (Å²) in [5.74, 6) is 3.13. The predicted octanol–water partition coefficient (Wildman–Crippen LogP) is 3.55. The van der Waals surface area contributed by atoms with Crippen LogP contribution in [-0.4, -0.2) is 29.1 Å². The van der Waals surface area contributed by atoms with Crippen LogP contribution in [0.15, 0.2) is 0 Å². The summed E-state index contributed by atoms with van der Waals surface area (Å²) < 4.78 is 0. The molecule has 4 nitrogen and oxygen atoms in total. The maximum absolute atomic E-state index is 4.85. The number of aromatic nitrogens is 2. The van der Waals surface area contributed by atoms with Crippen LogP contribution in [0.2, 0.25) is 0 Å². The van der Waals surface area contributed by atoms with Crippen LogP contribution in [0.5, 0.6) is 0 Å². The van der Waals surface area contributed by atoms with Crippen LogP contribution in [0.1, 0.15) is 57.8 Å². The van der Waals surface area contributed by atoms with Crippen LogP contribution in [0.25, 0.3) is 0 Å². The minimum atomic E-state index is 0.585. The Morgan fingerprint density at radius 2 is 2.05 bits per heavy atom. The molecule has 0 spiro atoms. The summed E-state index contributed by atoms with van der Waals surface area (Å²) in [6, 6.07) is 0.585. The maximum Gasteiger partial charge on any atom is 0.137 e. The number of nitrogens with zero attached hydrogens (tertiary/aromatic N) is 3. The molecule has 0 amide bonds. The summed E-state index contributed by atoms with van der Waals surface area (Å²) >= 11 is 0. The third-order valence-electron chi connectivity index (χ3n) is 4.06. The molecular weight excluding hydrogens is 248 g/mol. The topological polar surface area (TPSA) is 41.1 Å². The van der Waals surface area contributed by atoms with Gasteiger partial charge >= 0.3 is 0 Å². The summed E-state index contributed by atoms with van der Waals surface area (Å²) in [5.41, 5.74) is 1.19. The highest BCUT2D eigenvalue weighted by Crippen LogP contribution is 2.29. The first-order valence-electron chi connectivity index (χ1n) is 8.05. The molecule has 1 atom stereocenters. The van der Waals surface area contributed by atoms with Crippen molar-refractivity contribution in [1.82, 2.24) is 9.97 Å². The van der Waals surface area contributed by atoms with Gasteiger partial charge in [-0.2, -0.15) is 0 Å². The summed E-state index contributed by atoms with van der Waals surface area (Å²) in [7, 11) is 0. The van der Waals surface area contributed by atoms with Crippen molar-refractivity contribution in [1.29, 1.82) is 0 Å². The van der Waals surface area contributed by atoms with E-state index in [1.807, 2.05) is 0 Å². The van der Waals surface area contributed by atoms with Crippen LogP contribution in [0.3, 0.4) is 0 Å². The second-order valence-corrected chi connectivity index (χ2v) is 5.76. The molecule has 1 aromatic rings.